The summed E-state index contributed by atoms with van der Waals surface area (Å²) in [6, 6.07) is 5.77. The summed E-state index contributed by atoms with van der Waals surface area (Å²) >= 11 is 0. The zero-order valence-electron chi connectivity index (χ0n) is 14.1. The minimum Gasteiger partial charge on any atom is -0.338 e. The summed E-state index contributed by atoms with van der Waals surface area (Å²) < 4.78 is 1.74. The van der Waals surface area contributed by atoms with Gasteiger partial charge in [-0.05, 0) is 32.0 Å². The van der Waals surface area contributed by atoms with E-state index in [1.54, 1.807) is 10.9 Å². The molecule has 8 heteroatoms. The predicted octanol–water partition coefficient (Wildman–Crippen LogP) is 2.56. The standard InChI is InChI=1S/C17H17N7O/c1-9-10(2)21-22-15(9)17(25)19-12-6-11-7-14(20-16(11)18-8-12)13-4-5-24(3)23-13/h4-8H,1-3H3,(H,18,20)(H,19,25)(H,21,22). The van der Waals surface area contributed by atoms with E-state index in [4.69, 9.17) is 0 Å². The molecule has 4 aromatic rings. The Morgan fingerprint density at radius 2 is 2.12 bits per heavy atom. The van der Waals surface area contributed by atoms with Gasteiger partial charge in [0.25, 0.3) is 5.91 Å². The number of nitrogens with zero attached hydrogens (tertiary/aromatic N) is 4. The molecule has 3 N–H and O–H groups in total. The van der Waals surface area contributed by atoms with Crippen LogP contribution in [-0.4, -0.2) is 35.9 Å². The van der Waals surface area contributed by atoms with E-state index < -0.39 is 0 Å². The van der Waals surface area contributed by atoms with Gasteiger partial charge in [-0.15, -0.1) is 0 Å². The number of aromatic amines is 2. The number of aryl methyl sites for hydroxylation is 2. The summed E-state index contributed by atoms with van der Waals surface area (Å²) in [5.74, 6) is -0.236. The van der Waals surface area contributed by atoms with Gasteiger partial charge in [-0.1, -0.05) is 0 Å². The number of fused-ring (bicyclic) bond motifs is 1. The van der Waals surface area contributed by atoms with Crippen molar-refractivity contribution in [3.63, 3.8) is 0 Å². The van der Waals surface area contributed by atoms with Crippen LogP contribution in [0.25, 0.3) is 22.4 Å². The Bertz CT molecular complexity index is 1090. The van der Waals surface area contributed by atoms with E-state index in [-0.39, 0.29) is 5.91 Å². The summed E-state index contributed by atoms with van der Waals surface area (Å²) in [4.78, 5) is 20.0. The zero-order valence-corrected chi connectivity index (χ0v) is 14.1. The van der Waals surface area contributed by atoms with Crippen LogP contribution in [0, 0.1) is 13.8 Å². The second kappa shape index (κ2) is 5.59. The third kappa shape index (κ3) is 2.67. The van der Waals surface area contributed by atoms with Gasteiger partial charge in [0.1, 0.15) is 17.0 Å². The molecule has 0 saturated heterocycles. The molecule has 0 unspecified atom stereocenters. The molecule has 0 fully saturated rings. The molecule has 0 radical (unpaired) electrons. The van der Waals surface area contributed by atoms with E-state index in [1.807, 2.05) is 45.3 Å². The van der Waals surface area contributed by atoms with Crippen molar-refractivity contribution < 1.29 is 4.79 Å². The minimum absolute atomic E-state index is 0.236. The maximum Gasteiger partial charge on any atom is 0.273 e. The third-order valence-electron chi connectivity index (χ3n) is 4.20. The molecule has 25 heavy (non-hydrogen) atoms. The van der Waals surface area contributed by atoms with Crippen molar-refractivity contribution in [2.24, 2.45) is 7.05 Å². The molecule has 0 aliphatic heterocycles. The van der Waals surface area contributed by atoms with Gasteiger partial charge < -0.3 is 10.3 Å². The van der Waals surface area contributed by atoms with Crippen molar-refractivity contribution in [1.82, 2.24) is 29.9 Å². The van der Waals surface area contributed by atoms with Gasteiger partial charge in [0.2, 0.25) is 0 Å². The van der Waals surface area contributed by atoms with Crippen molar-refractivity contribution in [2.75, 3.05) is 5.32 Å². The van der Waals surface area contributed by atoms with Gasteiger partial charge in [-0.2, -0.15) is 10.2 Å². The Hall–Kier alpha value is -3.42. The Morgan fingerprint density at radius 1 is 1.28 bits per heavy atom. The lowest BCUT2D eigenvalue weighted by atomic mass is 10.2. The number of aromatic nitrogens is 6. The van der Waals surface area contributed by atoms with E-state index in [0.29, 0.717) is 11.4 Å². The van der Waals surface area contributed by atoms with Crippen molar-refractivity contribution >= 4 is 22.6 Å². The molecule has 0 atom stereocenters. The summed E-state index contributed by atoms with van der Waals surface area (Å²) in [6.07, 6.45) is 3.51. The Kier molecular flexibility index (Phi) is 3.38. The van der Waals surface area contributed by atoms with Crippen LogP contribution >= 0.6 is 0 Å². The molecule has 1 amide bonds. The van der Waals surface area contributed by atoms with Crippen molar-refractivity contribution in [1.29, 1.82) is 0 Å². The van der Waals surface area contributed by atoms with E-state index in [9.17, 15) is 4.79 Å². The van der Waals surface area contributed by atoms with E-state index in [1.165, 1.54) is 0 Å². The van der Waals surface area contributed by atoms with Gasteiger partial charge in [0, 0.05) is 24.2 Å². The molecule has 0 aliphatic rings. The number of nitrogens with one attached hydrogen (secondary N) is 3. The first-order valence-electron chi connectivity index (χ1n) is 7.83. The average molecular weight is 335 g/mol. The first-order chi connectivity index (χ1) is 12.0. The molecular formula is C17H17N7O. The minimum atomic E-state index is -0.236. The highest BCUT2D eigenvalue weighted by Gasteiger charge is 2.14. The Morgan fingerprint density at radius 3 is 2.80 bits per heavy atom. The second-order valence-corrected chi connectivity index (χ2v) is 5.98. The fraction of sp³-hybridized carbons (Fsp3) is 0.176. The van der Waals surface area contributed by atoms with E-state index in [0.717, 1.165) is 33.7 Å². The van der Waals surface area contributed by atoms with Crippen LogP contribution in [0.4, 0.5) is 5.69 Å². The first-order valence-corrected chi connectivity index (χ1v) is 7.83. The number of H-pyrrole nitrogens is 2. The SMILES string of the molecule is Cc1n[nH]c(C(=O)Nc2cnc3[nH]c(-c4ccn(C)n4)cc3c2)c1C. The average Bonchev–Trinajstić information content (AvgIpc) is 3.27. The topological polar surface area (TPSA) is 104 Å². The lowest BCUT2D eigenvalue weighted by Gasteiger charge is -2.04. The molecule has 0 spiro atoms. The Labute approximate surface area is 143 Å². The molecule has 0 aromatic carbocycles. The maximum absolute atomic E-state index is 12.4. The van der Waals surface area contributed by atoms with Crippen LogP contribution in [0.1, 0.15) is 21.7 Å². The predicted molar refractivity (Wildman–Crippen MR) is 94.3 cm³/mol. The molecule has 4 rings (SSSR count). The fourth-order valence-electron chi connectivity index (χ4n) is 2.68. The number of rotatable bonds is 3. The molecule has 8 nitrogen and oxygen atoms in total. The van der Waals surface area contributed by atoms with E-state index >= 15 is 0 Å². The number of amides is 1. The summed E-state index contributed by atoms with van der Waals surface area (Å²) in [6.45, 7) is 3.72. The smallest absolute Gasteiger partial charge is 0.273 e. The summed E-state index contributed by atoms with van der Waals surface area (Å²) in [5.41, 5.74) is 5.19. The number of pyridine rings is 1. The molecule has 4 heterocycles. The van der Waals surface area contributed by atoms with Gasteiger partial charge in [-0.3, -0.25) is 14.6 Å². The number of anilines is 1. The van der Waals surface area contributed by atoms with Gasteiger partial charge >= 0.3 is 0 Å². The van der Waals surface area contributed by atoms with Crippen LogP contribution < -0.4 is 5.32 Å². The second-order valence-electron chi connectivity index (χ2n) is 5.98. The zero-order chi connectivity index (χ0) is 17.6. The summed E-state index contributed by atoms with van der Waals surface area (Å²) in [7, 11) is 1.87. The third-order valence-corrected chi connectivity index (χ3v) is 4.20. The lowest BCUT2D eigenvalue weighted by molar-refractivity contribution is 0.102. The number of carbonyl (C=O) groups is 1. The first kappa shape index (κ1) is 15.1. The summed E-state index contributed by atoms with van der Waals surface area (Å²) in [5, 5.41) is 14.9. The number of carbonyl (C=O) groups excluding carboxylic acids is 1. The van der Waals surface area contributed by atoms with Crippen LogP contribution in [0.15, 0.2) is 30.6 Å². The molecule has 0 bridgehead atoms. The highest BCUT2D eigenvalue weighted by atomic mass is 16.1. The van der Waals surface area contributed by atoms with Crippen LogP contribution in [0.3, 0.4) is 0 Å². The van der Waals surface area contributed by atoms with Crippen LogP contribution in [0.5, 0.6) is 0 Å². The molecule has 126 valence electrons. The number of hydrogen-bond donors (Lipinski definition) is 3. The quantitative estimate of drug-likeness (QED) is 0.535. The maximum atomic E-state index is 12.4. The lowest BCUT2D eigenvalue weighted by Crippen LogP contribution is -2.13. The number of hydrogen-bond acceptors (Lipinski definition) is 4. The van der Waals surface area contributed by atoms with Crippen LogP contribution in [-0.2, 0) is 7.05 Å². The van der Waals surface area contributed by atoms with Gasteiger partial charge in [0.15, 0.2) is 0 Å². The molecule has 0 saturated carbocycles. The van der Waals surface area contributed by atoms with Gasteiger partial charge in [0.05, 0.1) is 23.3 Å². The van der Waals surface area contributed by atoms with Crippen molar-refractivity contribution in [2.45, 2.75) is 13.8 Å². The molecule has 4 aromatic heterocycles. The monoisotopic (exact) mass is 335 g/mol. The largest absolute Gasteiger partial charge is 0.338 e. The normalized spacial score (nSPS) is 11.2. The van der Waals surface area contributed by atoms with Crippen molar-refractivity contribution in [3.8, 4) is 11.4 Å². The highest BCUT2D eigenvalue weighted by molar-refractivity contribution is 6.04. The van der Waals surface area contributed by atoms with Crippen LogP contribution in [0.2, 0.25) is 0 Å². The Balaban J connectivity index is 1.63. The van der Waals surface area contributed by atoms with Crippen molar-refractivity contribution in [3.05, 3.63) is 47.5 Å². The molecular weight excluding hydrogens is 318 g/mol. The highest BCUT2D eigenvalue weighted by Crippen LogP contribution is 2.24. The van der Waals surface area contributed by atoms with E-state index in [2.05, 4.69) is 30.6 Å². The van der Waals surface area contributed by atoms with Gasteiger partial charge in [-0.25, -0.2) is 4.98 Å². The molecule has 0 aliphatic carbocycles. The fourth-order valence-corrected chi connectivity index (χ4v) is 2.68.